The van der Waals surface area contributed by atoms with Crippen LogP contribution >= 0.6 is 0 Å². The van der Waals surface area contributed by atoms with Crippen LogP contribution in [0.15, 0.2) is 143 Å². The SMILES string of the molecule is Cc1c(-c2ccnn2-c2ccc(C#N)cc2)cc(C(=O)NCC(O)CNC(=O)c2cc(-c3ccnn3-c3ccc(C#N)cc3)c(C)n(-c3cccc(C(F)(F)F)c3)c2=O)c(=O)n1-c1cccc(C(F)(F)F)c1. The summed E-state index contributed by atoms with van der Waals surface area (Å²) in [6.45, 7) is 1.70. The maximum absolute atomic E-state index is 14.2. The van der Waals surface area contributed by atoms with E-state index in [2.05, 4.69) is 20.8 Å². The van der Waals surface area contributed by atoms with Crippen molar-refractivity contribution < 1.29 is 41.0 Å². The number of nitriles is 2. The highest BCUT2D eigenvalue weighted by Crippen LogP contribution is 2.34. The molecule has 0 spiro atoms. The van der Waals surface area contributed by atoms with Gasteiger partial charge in [0, 0.05) is 47.0 Å². The molecule has 0 fully saturated rings. The molecule has 21 heteroatoms. The molecular formula is C51H36F6N10O5. The molecule has 0 atom stereocenters. The van der Waals surface area contributed by atoms with E-state index < -0.39 is 76.7 Å². The van der Waals surface area contributed by atoms with Gasteiger partial charge in [-0.15, -0.1) is 0 Å². The van der Waals surface area contributed by atoms with E-state index in [-0.39, 0.29) is 33.9 Å². The average molecular weight is 983 g/mol. The Morgan fingerprint density at radius 1 is 0.583 bits per heavy atom. The largest absolute Gasteiger partial charge is 0.416 e. The van der Waals surface area contributed by atoms with E-state index in [4.69, 9.17) is 0 Å². The second-order valence-corrected chi connectivity index (χ2v) is 16.1. The molecule has 72 heavy (non-hydrogen) atoms. The van der Waals surface area contributed by atoms with Gasteiger partial charge in [0.1, 0.15) is 11.1 Å². The zero-order chi connectivity index (χ0) is 51.6. The lowest BCUT2D eigenvalue weighted by molar-refractivity contribution is -0.138. The number of carbonyl (C=O) groups excluding carboxylic acids is 2. The summed E-state index contributed by atoms with van der Waals surface area (Å²) in [4.78, 5) is 56.3. The van der Waals surface area contributed by atoms with E-state index in [1.54, 1.807) is 36.4 Å². The van der Waals surface area contributed by atoms with E-state index >= 15 is 0 Å². The molecule has 0 aliphatic carbocycles. The summed E-state index contributed by atoms with van der Waals surface area (Å²) < 4.78 is 88.3. The Labute approximate surface area is 403 Å². The molecule has 4 aromatic carbocycles. The van der Waals surface area contributed by atoms with E-state index in [1.807, 2.05) is 12.1 Å². The van der Waals surface area contributed by atoms with E-state index in [1.165, 1.54) is 84.1 Å². The smallest absolute Gasteiger partial charge is 0.389 e. The number of benzene rings is 4. The zero-order valence-corrected chi connectivity index (χ0v) is 37.6. The number of amides is 2. The molecule has 3 N–H and O–H groups in total. The summed E-state index contributed by atoms with van der Waals surface area (Å²) in [6.07, 6.45) is -8.34. The molecule has 8 rings (SSSR count). The second-order valence-electron chi connectivity index (χ2n) is 16.1. The summed E-state index contributed by atoms with van der Waals surface area (Å²) in [6, 6.07) is 30.0. The van der Waals surface area contributed by atoms with Crippen LogP contribution in [0.25, 0.3) is 45.3 Å². The first-order valence-corrected chi connectivity index (χ1v) is 21.5. The van der Waals surface area contributed by atoms with Gasteiger partial charge in [-0.1, -0.05) is 12.1 Å². The fourth-order valence-electron chi connectivity index (χ4n) is 7.98. The summed E-state index contributed by atoms with van der Waals surface area (Å²) in [5.74, 6) is -2.13. The van der Waals surface area contributed by atoms with Crippen molar-refractivity contribution in [3.05, 3.63) is 199 Å². The molecule has 2 amide bonds. The van der Waals surface area contributed by atoms with Crippen molar-refractivity contribution in [2.45, 2.75) is 32.3 Å². The van der Waals surface area contributed by atoms with Crippen LogP contribution in [-0.4, -0.2) is 64.8 Å². The highest BCUT2D eigenvalue weighted by atomic mass is 19.4. The van der Waals surface area contributed by atoms with Gasteiger partial charge in [0.25, 0.3) is 22.9 Å². The fourth-order valence-corrected chi connectivity index (χ4v) is 7.98. The van der Waals surface area contributed by atoms with Gasteiger partial charge in [0.2, 0.25) is 0 Å². The number of aliphatic hydroxyl groups excluding tert-OH is 1. The van der Waals surface area contributed by atoms with Crippen molar-refractivity contribution in [3.63, 3.8) is 0 Å². The van der Waals surface area contributed by atoms with Crippen LogP contribution in [0.2, 0.25) is 0 Å². The third-order valence-electron chi connectivity index (χ3n) is 11.6. The Kier molecular flexibility index (Phi) is 13.3. The number of carbonyl (C=O) groups is 2. The van der Waals surface area contributed by atoms with E-state index in [0.717, 1.165) is 45.5 Å². The van der Waals surface area contributed by atoms with Crippen molar-refractivity contribution >= 4 is 11.8 Å². The number of halogens is 6. The Hall–Kier alpha value is -9.34. The van der Waals surface area contributed by atoms with Crippen LogP contribution in [0.3, 0.4) is 0 Å². The monoisotopic (exact) mass is 982 g/mol. The van der Waals surface area contributed by atoms with Crippen LogP contribution < -0.4 is 21.8 Å². The fraction of sp³-hybridized carbons (Fsp3) is 0.137. The second kappa shape index (κ2) is 19.6. The topological polar surface area (TPSA) is 206 Å². The molecule has 4 aromatic heterocycles. The molecule has 0 saturated heterocycles. The van der Waals surface area contributed by atoms with Crippen molar-refractivity contribution in [1.82, 2.24) is 39.3 Å². The van der Waals surface area contributed by atoms with Crippen LogP contribution in [0.4, 0.5) is 26.3 Å². The van der Waals surface area contributed by atoms with Gasteiger partial charge < -0.3 is 15.7 Å². The van der Waals surface area contributed by atoms with Gasteiger partial charge in [0.05, 0.1) is 75.7 Å². The number of hydrogen-bond donors (Lipinski definition) is 3. The third-order valence-corrected chi connectivity index (χ3v) is 11.6. The van der Waals surface area contributed by atoms with Crippen LogP contribution in [0.5, 0.6) is 0 Å². The molecule has 15 nitrogen and oxygen atoms in total. The minimum absolute atomic E-state index is 0.124. The highest BCUT2D eigenvalue weighted by Gasteiger charge is 2.33. The molecule has 0 radical (unpaired) electrons. The Bertz CT molecular complexity index is 3380. The predicted molar refractivity (Wildman–Crippen MR) is 249 cm³/mol. The lowest BCUT2D eigenvalue weighted by Crippen LogP contribution is -2.43. The van der Waals surface area contributed by atoms with Gasteiger partial charge >= 0.3 is 12.4 Å². The van der Waals surface area contributed by atoms with Gasteiger partial charge in [0.15, 0.2) is 0 Å². The number of rotatable bonds is 12. The Balaban J connectivity index is 1.10. The molecule has 0 aliphatic rings. The van der Waals surface area contributed by atoms with E-state index in [9.17, 15) is 61.2 Å². The number of alkyl halides is 6. The lowest BCUT2D eigenvalue weighted by Gasteiger charge is -2.19. The van der Waals surface area contributed by atoms with Crippen molar-refractivity contribution in [2.75, 3.05) is 13.1 Å². The predicted octanol–water partition coefficient (Wildman–Crippen LogP) is 7.61. The number of nitrogens with zero attached hydrogens (tertiary/aromatic N) is 8. The summed E-state index contributed by atoms with van der Waals surface area (Å²) in [7, 11) is 0. The molecule has 8 aromatic rings. The van der Waals surface area contributed by atoms with Crippen molar-refractivity contribution in [3.8, 4) is 57.4 Å². The highest BCUT2D eigenvalue weighted by molar-refractivity contribution is 5.96. The number of aliphatic hydroxyl groups is 1. The minimum Gasteiger partial charge on any atom is -0.389 e. The standard InChI is InChI=1S/C51H36F6N10O5/c1-29-40(44-17-19-62-66(44)35-13-9-31(25-58)10-14-35)23-42(48(71)64(29)37-7-3-5-33(21-37)50(52,53)54)46(69)60-27-39(68)28-61-47(70)43-24-41(45-18-20-63-67(45)36-15-11-32(26-59)12-16-36)30(2)65(49(43)72)38-8-4-6-34(22-38)51(55,56)57/h3-24,39,68H,27-28H2,1-2H3,(H,60,69)(H,61,70). The van der Waals surface area contributed by atoms with Crippen LogP contribution in [0.1, 0.15) is 54.4 Å². The zero-order valence-electron chi connectivity index (χ0n) is 37.6. The van der Waals surface area contributed by atoms with Gasteiger partial charge in [-0.2, -0.15) is 47.1 Å². The molecule has 0 aliphatic heterocycles. The normalized spacial score (nSPS) is 11.6. The quantitative estimate of drug-likeness (QED) is 0.103. The molecule has 0 unspecified atom stereocenters. The van der Waals surface area contributed by atoms with Crippen LogP contribution in [0, 0.1) is 36.5 Å². The number of nitrogens with one attached hydrogen (secondary N) is 2. The molecule has 0 bridgehead atoms. The van der Waals surface area contributed by atoms with Crippen molar-refractivity contribution in [2.24, 2.45) is 0 Å². The van der Waals surface area contributed by atoms with Crippen molar-refractivity contribution in [1.29, 1.82) is 10.5 Å². The van der Waals surface area contributed by atoms with E-state index in [0.29, 0.717) is 33.9 Å². The Morgan fingerprint density at radius 3 is 1.31 bits per heavy atom. The van der Waals surface area contributed by atoms with Crippen LogP contribution in [-0.2, 0) is 12.4 Å². The third kappa shape index (κ3) is 9.77. The Morgan fingerprint density at radius 2 is 0.958 bits per heavy atom. The first-order valence-electron chi connectivity index (χ1n) is 21.5. The lowest BCUT2D eigenvalue weighted by atomic mass is 10.0. The molecular weight excluding hydrogens is 947 g/mol. The number of aromatic nitrogens is 6. The van der Waals surface area contributed by atoms with Gasteiger partial charge in [-0.05, 0) is 123 Å². The summed E-state index contributed by atoms with van der Waals surface area (Å²) in [5.41, 5.74) is -2.85. The van der Waals surface area contributed by atoms with Gasteiger partial charge in [-0.3, -0.25) is 28.3 Å². The number of hydrogen-bond acceptors (Lipinski definition) is 9. The number of pyridine rings is 2. The van der Waals surface area contributed by atoms with Gasteiger partial charge in [-0.25, -0.2) is 9.36 Å². The average Bonchev–Trinajstić information content (AvgIpc) is 4.06. The first-order chi connectivity index (χ1) is 34.3. The summed E-state index contributed by atoms with van der Waals surface area (Å²) >= 11 is 0. The molecule has 362 valence electrons. The maximum atomic E-state index is 14.2. The first kappa shape index (κ1) is 49.1. The molecule has 4 heterocycles. The summed E-state index contributed by atoms with van der Waals surface area (Å²) in [5, 5.41) is 43.3. The molecule has 0 saturated carbocycles. The minimum atomic E-state index is -4.79. The maximum Gasteiger partial charge on any atom is 0.416 e.